The molecule has 0 aliphatic heterocycles. The Labute approximate surface area is 119 Å². The second-order valence-electron chi connectivity index (χ2n) is 5.53. The number of anilines is 1. The SMILES string of the molecule is CCN(Cc1nc(C(C)(C)N)no1)c1ccccc1C. The zero-order chi connectivity index (χ0) is 14.8. The molecule has 0 spiro atoms. The van der Waals surface area contributed by atoms with Gasteiger partial charge in [-0.2, -0.15) is 4.98 Å². The first-order chi connectivity index (χ1) is 9.41. The van der Waals surface area contributed by atoms with E-state index in [1.807, 2.05) is 26.0 Å². The van der Waals surface area contributed by atoms with Crippen LogP contribution in [0.3, 0.4) is 0 Å². The summed E-state index contributed by atoms with van der Waals surface area (Å²) >= 11 is 0. The van der Waals surface area contributed by atoms with Crippen LogP contribution >= 0.6 is 0 Å². The Bertz CT molecular complexity index is 571. The van der Waals surface area contributed by atoms with Gasteiger partial charge in [0.2, 0.25) is 5.89 Å². The molecule has 0 amide bonds. The molecule has 108 valence electrons. The molecule has 5 nitrogen and oxygen atoms in total. The van der Waals surface area contributed by atoms with Crippen molar-refractivity contribution < 1.29 is 4.52 Å². The first kappa shape index (κ1) is 14.5. The number of hydrogen-bond donors (Lipinski definition) is 1. The number of rotatable bonds is 5. The second kappa shape index (κ2) is 5.63. The van der Waals surface area contributed by atoms with Crippen molar-refractivity contribution in [1.29, 1.82) is 0 Å². The lowest BCUT2D eigenvalue weighted by molar-refractivity contribution is 0.359. The number of nitrogens with two attached hydrogens (primary N) is 1. The molecular formula is C15H22N4O. The number of aryl methyl sites for hydroxylation is 1. The number of para-hydroxylation sites is 1. The summed E-state index contributed by atoms with van der Waals surface area (Å²) < 4.78 is 5.30. The maximum absolute atomic E-state index is 5.97. The van der Waals surface area contributed by atoms with E-state index in [0.29, 0.717) is 18.3 Å². The highest BCUT2D eigenvalue weighted by molar-refractivity contribution is 5.52. The van der Waals surface area contributed by atoms with Crippen molar-refractivity contribution in [3.63, 3.8) is 0 Å². The molecule has 2 N–H and O–H groups in total. The Balaban J connectivity index is 2.19. The molecule has 0 unspecified atom stereocenters. The van der Waals surface area contributed by atoms with E-state index in [2.05, 4.69) is 41.0 Å². The van der Waals surface area contributed by atoms with Crippen LogP contribution in [-0.4, -0.2) is 16.7 Å². The summed E-state index contributed by atoms with van der Waals surface area (Å²) in [6.45, 7) is 9.39. The monoisotopic (exact) mass is 274 g/mol. The first-order valence-corrected chi connectivity index (χ1v) is 6.84. The van der Waals surface area contributed by atoms with Crippen molar-refractivity contribution in [3.8, 4) is 0 Å². The van der Waals surface area contributed by atoms with Gasteiger partial charge in [-0.05, 0) is 39.3 Å². The highest BCUT2D eigenvalue weighted by Gasteiger charge is 2.22. The highest BCUT2D eigenvalue weighted by Crippen LogP contribution is 2.21. The number of benzene rings is 1. The van der Waals surface area contributed by atoms with Crippen LogP contribution in [0.4, 0.5) is 5.69 Å². The van der Waals surface area contributed by atoms with Crippen molar-refractivity contribution in [2.75, 3.05) is 11.4 Å². The molecule has 0 fully saturated rings. The smallest absolute Gasteiger partial charge is 0.246 e. The molecular weight excluding hydrogens is 252 g/mol. The molecule has 0 saturated carbocycles. The van der Waals surface area contributed by atoms with Crippen LogP contribution in [0, 0.1) is 6.92 Å². The zero-order valence-electron chi connectivity index (χ0n) is 12.6. The number of aromatic nitrogens is 2. The molecule has 0 radical (unpaired) electrons. The maximum Gasteiger partial charge on any atom is 0.246 e. The molecule has 0 atom stereocenters. The van der Waals surface area contributed by atoms with Gasteiger partial charge in [-0.15, -0.1) is 0 Å². The highest BCUT2D eigenvalue weighted by atomic mass is 16.5. The van der Waals surface area contributed by atoms with Crippen LogP contribution in [-0.2, 0) is 12.1 Å². The van der Waals surface area contributed by atoms with Crippen LogP contribution in [0.5, 0.6) is 0 Å². The molecule has 1 aromatic heterocycles. The normalized spacial score (nSPS) is 11.7. The molecule has 2 aromatic rings. The van der Waals surface area contributed by atoms with E-state index in [-0.39, 0.29) is 0 Å². The Hall–Kier alpha value is -1.88. The summed E-state index contributed by atoms with van der Waals surface area (Å²) in [7, 11) is 0. The molecule has 0 saturated heterocycles. The summed E-state index contributed by atoms with van der Waals surface area (Å²) in [4.78, 5) is 6.58. The maximum atomic E-state index is 5.97. The minimum Gasteiger partial charge on any atom is -0.362 e. The molecule has 20 heavy (non-hydrogen) atoms. The fourth-order valence-corrected chi connectivity index (χ4v) is 2.03. The molecule has 0 bridgehead atoms. The van der Waals surface area contributed by atoms with Crippen LogP contribution in [0.2, 0.25) is 0 Å². The van der Waals surface area contributed by atoms with Crippen LogP contribution < -0.4 is 10.6 Å². The van der Waals surface area contributed by atoms with Crippen LogP contribution in [0.1, 0.15) is 38.0 Å². The molecule has 0 aliphatic carbocycles. The van der Waals surface area contributed by atoms with Crippen molar-refractivity contribution in [3.05, 3.63) is 41.5 Å². The Kier molecular flexibility index (Phi) is 4.09. The largest absolute Gasteiger partial charge is 0.362 e. The summed E-state index contributed by atoms with van der Waals surface area (Å²) in [5.74, 6) is 1.12. The van der Waals surface area contributed by atoms with E-state index in [0.717, 1.165) is 6.54 Å². The van der Waals surface area contributed by atoms with E-state index in [4.69, 9.17) is 10.3 Å². The lowest BCUT2D eigenvalue weighted by Gasteiger charge is -2.23. The molecule has 5 heteroatoms. The lowest BCUT2D eigenvalue weighted by Crippen LogP contribution is -2.30. The lowest BCUT2D eigenvalue weighted by atomic mass is 10.1. The third-order valence-corrected chi connectivity index (χ3v) is 3.21. The van der Waals surface area contributed by atoms with Gasteiger partial charge < -0.3 is 15.2 Å². The van der Waals surface area contributed by atoms with Crippen LogP contribution in [0.25, 0.3) is 0 Å². The second-order valence-corrected chi connectivity index (χ2v) is 5.53. The van der Waals surface area contributed by atoms with Gasteiger partial charge in [-0.1, -0.05) is 23.4 Å². The van der Waals surface area contributed by atoms with Gasteiger partial charge in [0, 0.05) is 12.2 Å². The minimum absolute atomic E-state index is 0.535. The van der Waals surface area contributed by atoms with E-state index < -0.39 is 5.54 Å². The Morgan fingerprint density at radius 1 is 1.30 bits per heavy atom. The third-order valence-electron chi connectivity index (χ3n) is 3.21. The fraction of sp³-hybridized carbons (Fsp3) is 0.467. The summed E-state index contributed by atoms with van der Waals surface area (Å²) in [5, 5.41) is 3.95. The predicted molar refractivity (Wildman–Crippen MR) is 79.4 cm³/mol. The van der Waals surface area contributed by atoms with Gasteiger partial charge in [-0.25, -0.2) is 0 Å². The average molecular weight is 274 g/mol. The standard InChI is InChI=1S/C15H22N4O/c1-5-19(12-9-7-6-8-11(12)2)10-13-17-14(18-20-13)15(3,4)16/h6-9H,5,10,16H2,1-4H3. The van der Waals surface area contributed by atoms with E-state index >= 15 is 0 Å². The van der Waals surface area contributed by atoms with Gasteiger partial charge in [0.25, 0.3) is 0 Å². The van der Waals surface area contributed by atoms with Gasteiger partial charge in [0.05, 0.1) is 12.1 Å². The van der Waals surface area contributed by atoms with E-state index in [9.17, 15) is 0 Å². The van der Waals surface area contributed by atoms with E-state index in [1.54, 1.807) is 0 Å². The third kappa shape index (κ3) is 3.17. The van der Waals surface area contributed by atoms with Crippen molar-refractivity contribution in [2.45, 2.75) is 39.8 Å². The van der Waals surface area contributed by atoms with Crippen molar-refractivity contribution in [2.24, 2.45) is 5.73 Å². The zero-order valence-corrected chi connectivity index (χ0v) is 12.6. The number of hydrogen-bond acceptors (Lipinski definition) is 5. The summed E-state index contributed by atoms with van der Waals surface area (Å²) in [6, 6.07) is 8.27. The topological polar surface area (TPSA) is 68.2 Å². The van der Waals surface area contributed by atoms with Gasteiger partial charge in [-0.3, -0.25) is 0 Å². The summed E-state index contributed by atoms with van der Waals surface area (Å²) in [6.07, 6.45) is 0. The van der Waals surface area contributed by atoms with Crippen molar-refractivity contribution >= 4 is 5.69 Å². The van der Waals surface area contributed by atoms with Crippen LogP contribution in [0.15, 0.2) is 28.8 Å². The molecule has 1 aromatic carbocycles. The van der Waals surface area contributed by atoms with Crippen molar-refractivity contribution in [1.82, 2.24) is 10.1 Å². The van der Waals surface area contributed by atoms with Gasteiger partial charge in [0.1, 0.15) is 0 Å². The fourth-order valence-electron chi connectivity index (χ4n) is 2.03. The van der Waals surface area contributed by atoms with Gasteiger partial charge in [0.15, 0.2) is 5.82 Å². The van der Waals surface area contributed by atoms with E-state index in [1.165, 1.54) is 11.3 Å². The Morgan fingerprint density at radius 2 is 2.00 bits per heavy atom. The van der Waals surface area contributed by atoms with Gasteiger partial charge >= 0.3 is 0 Å². The Morgan fingerprint density at radius 3 is 2.55 bits per heavy atom. The minimum atomic E-state index is -0.582. The predicted octanol–water partition coefficient (Wildman–Crippen LogP) is 2.60. The molecule has 2 rings (SSSR count). The quantitative estimate of drug-likeness (QED) is 0.907. The first-order valence-electron chi connectivity index (χ1n) is 6.84. The summed E-state index contributed by atoms with van der Waals surface area (Å²) in [5.41, 5.74) is 7.80. The number of nitrogens with zero attached hydrogens (tertiary/aromatic N) is 3. The average Bonchev–Trinajstić information content (AvgIpc) is 2.85. The molecule has 1 heterocycles. The molecule has 0 aliphatic rings.